The molecule has 7 heteroatoms. The number of nitrogens with one attached hydrogen (secondary N) is 1. The number of carbonyl (C=O) groups is 1. The number of halogens is 1. The number of anilines is 1. The summed E-state index contributed by atoms with van der Waals surface area (Å²) in [5, 5.41) is 12.4. The van der Waals surface area contributed by atoms with Gasteiger partial charge in [-0.15, -0.1) is 0 Å². The molecule has 0 aromatic heterocycles. The van der Waals surface area contributed by atoms with Gasteiger partial charge in [-0.3, -0.25) is 0 Å². The van der Waals surface area contributed by atoms with Crippen molar-refractivity contribution in [3.05, 3.63) is 45.9 Å². The molecular formula is C19H22BrNO5. The van der Waals surface area contributed by atoms with Crippen LogP contribution in [0.3, 0.4) is 0 Å². The number of benzene rings is 2. The molecule has 2 N–H and O–H groups in total. The standard InChI is InChI=1S/C19H22BrNO5/c1-4-7-26-18-10-14(20)13(9-17(18)25-3)11-21-15-8-12(19(22)23)5-6-16(15)24-2/h5-6,8-10,21H,4,7,11H2,1-3H3,(H,22,23). The van der Waals surface area contributed by atoms with E-state index in [0.717, 1.165) is 16.5 Å². The lowest BCUT2D eigenvalue weighted by Crippen LogP contribution is -2.05. The number of carboxylic acid groups (broad SMARTS) is 1. The molecule has 0 radical (unpaired) electrons. The number of methoxy groups -OCH3 is 2. The fraction of sp³-hybridized carbons (Fsp3) is 0.316. The molecule has 0 fully saturated rings. The first-order chi connectivity index (χ1) is 12.5. The van der Waals surface area contributed by atoms with E-state index in [1.54, 1.807) is 26.4 Å². The number of hydrogen-bond donors (Lipinski definition) is 2. The Hall–Kier alpha value is -2.41. The van der Waals surface area contributed by atoms with Gasteiger partial charge in [0.25, 0.3) is 0 Å². The quantitative estimate of drug-likeness (QED) is 0.615. The van der Waals surface area contributed by atoms with E-state index in [-0.39, 0.29) is 5.56 Å². The van der Waals surface area contributed by atoms with Crippen LogP contribution in [0.2, 0.25) is 0 Å². The average Bonchev–Trinajstić information content (AvgIpc) is 2.65. The predicted octanol–water partition coefficient (Wildman–Crippen LogP) is 4.57. The molecule has 0 spiro atoms. The van der Waals surface area contributed by atoms with Crippen LogP contribution in [-0.4, -0.2) is 31.9 Å². The van der Waals surface area contributed by atoms with Gasteiger partial charge in [0.05, 0.1) is 32.1 Å². The van der Waals surface area contributed by atoms with Crippen molar-refractivity contribution in [3.8, 4) is 17.2 Å². The molecule has 140 valence electrons. The molecule has 6 nitrogen and oxygen atoms in total. The van der Waals surface area contributed by atoms with Gasteiger partial charge in [-0.05, 0) is 42.3 Å². The second kappa shape index (κ2) is 9.33. The fourth-order valence-electron chi connectivity index (χ4n) is 2.37. The van der Waals surface area contributed by atoms with Crippen LogP contribution in [0.5, 0.6) is 17.2 Å². The minimum Gasteiger partial charge on any atom is -0.495 e. The zero-order chi connectivity index (χ0) is 19.1. The molecule has 26 heavy (non-hydrogen) atoms. The number of hydrogen-bond acceptors (Lipinski definition) is 5. The fourth-order valence-corrected chi connectivity index (χ4v) is 2.83. The Balaban J connectivity index is 2.24. The maximum atomic E-state index is 11.2. The van der Waals surface area contributed by atoms with Crippen molar-refractivity contribution in [1.82, 2.24) is 0 Å². The first-order valence-corrected chi connectivity index (χ1v) is 8.93. The molecule has 0 unspecified atom stereocenters. The molecule has 0 saturated carbocycles. The minimum absolute atomic E-state index is 0.188. The Morgan fingerprint density at radius 2 is 1.85 bits per heavy atom. The Morgan fingerprint density at radius 3 is 2.46 bits per heavy atom. The SMILES string of the molecule is CCCOc1cc(Br)c(CNc2cc(C(=O)O)ccc2OC)cc1OC. The lowest BCUT2D eigenvalue weighted by molar-refractivity contribution is 0.0697. The van der Waals surface area contributed by atoms with Crippen LogP contribution in [0.15, 0.2) is 34.8 Å². The molecule has 2 aromatic rings. The van der Waals surface area contributed by atoms with Crippen molar-refractivity contribution in [2.45, 2.75) is 19.9 Å². The molecule has 0 aliphatic heterocycles. The highest BCUT2D eigenvalue weighted by atomic mass is 79.9. The third-order valence-corrected chi connectivity index (χ3v) is 4.45. The maximum absolute atomic E-state index is 11.2. The van der Waals surface area contributed by atoms with Gasteiger partial charge in [0.1, 0.15) is 5.75 Å². The van der Waals surface area contributed by atoms with E-state index < -0.39 is 5.97 Å². The largest absolute Gasteiger partial charge is 0.495 e. The summed E-state index contributed by atoms with van der Waals surface area (Å²) < 4.78 is 17.3. The van der Waals surface area contributed by atoms with E-state index in [0.29, 0.717) is 36.1 Å². The Kier molecular flexibility index (Phi) is 7.15. The van der Waals surface area contributed by atoms with Crippen molar-refractivity contribution < 1.29 is 24.1 Å². The van der Waals surface area contributed by atoms with Crippen LogP contribution in [-0.2, 0) is 6.54 Å². The first kappa shape index (κ1) is 19.9. The van der Waals surface area contributed by atoms with Crippen LogP contribution in [0.1, 0.15) is 29.3 Å². The van der Waals surface area contributed by atoms with Gasteiger partial charge in [0.2, 0.25) is 0 Å². The monoisotopic (exact) mass is 423 g/mol. The average molecular weight is 424 g/mol. The molecule has 2 rings (SSSR count). The van der Waals surface area contributed by atoms with E-state index in [1.165, 1.54) is 6.07 Å². The second-order valence-corrected chi connectivity index (χ2v) is 6.37. The summed E-state index contributed by atoms with van der Waals surface area (Å²) in [5.41, 5.74) is 1.73. The summed E-state index contributed by atoms with van der Waals surface area (Å²) in [6.07, 6.45) is 0.907. The molecule has 2 aromatic carbocycles. The number of aromatic carboxylic acids is 1. The van der Waals surface area contributed by atoms with Crippen molar-refractivity contribution in [3.63, 3.8) is 0 Å². The summed E-state index contributed by atoms with van der Waals surface area (Å²) in [5.74, 6) is 0.900. The van der Waals surface area contributed by atoms with Gasteiger partial charge in [-0.1, -0.05) is 22.9 Å². The summed E-state index contributed by atoms with van der Waals surface area (Å²) in [4.78, 5) is 11.2. The van der Waals surface area contributed by atoms with E-state index in [4.69, 9.17) is 19.3 Å². The van der Waals surface area contributed by atoms with Gasteiger partial charge in [-0.2, -0.15) is 0 Å². The number of ether oxygens (including phenoxy) is 3. The van der Waals surface area contributed by atoms with Crippen molar-refractivity contribution in [2.24, 2.45) is 0 Å². The third-order valence-electron chi connectivity index (χ3n) is 3.71. The molecule has 0 aliphatic carbocycles. The van der Waals surface area contributed by atoms with E-state index in [9.17, 15) is 4.79 Å². The lowest BCUT2D eigenvalue weighted by atomic mass is 10.1. The Labute approximate surface area is 161 Å². The molecule has 0 amide bonds. The molecule has 0 bridgehead atoms. The first-order valence-electron chi connectivity index (χ1n) is 8.14. The maximum Gasteiger partial charge on any atom is 0.335 e. The predicted molar refractivity (Wildman–Crippen MR) is 104 cm³/mol. The Bertz CT molecular complexity index is 779. The number of carboxylic acids is 1. The smallest absolute Gasteiger partial charge is 0.335 e. The van der Waals surface area contributed by atoms with Crippen LogP contribution >= 0.6 is 15.9 Å². The second-order valence-electron chi connectivity index (χ2n) is 5.52. The van der Waals surface area contributed by atoms with Crippen LogP contribution in [0.4, 0.5) is 5.69 Å². The van der Waals surface area contributed by atoms with Crippen LogP contribution in [0, 0.1) is 0 Å². The Morgan fingerprint density at radius 1 is 1.12 bits per heavy atom. The van der Waals surface area contributed by atoms with Crippen molar-refractivity contribution in [1.29, 1.82) is 0 Å². The normalized spacial score (nSPS) is 10.3. The van der Waals surface area contributed by atoms with Gasteiger partial charge < -0.3 is 24.6 Å². The van der Waals surface area contributed by atoms with Crippen LogP contribution in [0.25, 0.3) is 0 Å². The molecular weight excluding hydrogens is 402 g/mol. The van der Waals surface area contributed by atoms with E-state index in [2.05, 4.69) is 21.2 Å². The highest BCUT2D eigenvalue weighted by Crippen LogP contribution is 2.34. The lowest BCUT2D eigenvalue weighted by Gasteiger charge is -2.16. The molecule has 0 aliphatic rings. The zero-order valence-electron chi connectivity index (χ0n) is 15.0. The van der Waals surface area contributed by atoms with E-state index in [1.807, 2.05) is 19.1 Å². The third kappa shape index (κ3) is 4.82. The summed E-state index contributed by atoms with van der Waals surface area (Å²) in [7, 11) is 3.14. The van der Waals surface area contributed by atoms with Gasteiger partial charge >= 0.3 is 5.97 Å². The van der Waals surface area contributed by atoms with Crippen LogP contribution < -0.4 is 19.5 Å². The zero-order valence-corrected chi connectivity index (χ0v) is 16.6. The molecule has 0 saturated heterocycles. The summed E-state index contributed by atoms with van der Waals surface area (Å²) >= 11 is 3.55. The summed E-state index contributed by atoms with van der Waals surface area (Å²) in [6, 6.07) is 8.44. The van der Waals surface area contributed by atoms with Gasteiger partial charge in [0.15, 0.2) is 11.5 Å². The van der Waals surface area contributed by atoms with Gasteiger partial charge in [0, 0.05) is 11.0 Å². The van der Waals surface area contributed by atoms with E-state index >= 15 is 0 Å². The minimum atomic E-state index is -0.990. The number of rotatable bonds is 9. The molecule has 0 heterocycles. The van der Waals surface area contributed by atoms with Crippen molar-refractivity contribution >= 4 is 27.6 Å². The van der Waals surface area contributed by atoms with Gasteiger partial charge in [-0.25, -0.2) is 4.79 Å². The topological polar surface area (TPSA) is 77.0 Å². The highest BCUT2D eigenvalue weighted by Gasteiger charge is 2.13. The summed E-state index contributed by atoms with van der Waals surface area (Å²) in [6.45, 7) is 3.10. The molecule has 0 atom stereocenters. The highest BCUT2D eigenvalue weighted by molar-refractivity contribution is 9.10. The van der Waals surface area contributed by atoms with Crippen molar-refractivity contribution in [2.75, 3.05) is 26.1 Å².